The first-order valence-corrected chi connectivity index (χ1v) is 6.48. The van der Waals surface area contributed by atoms with Crippen molar-refractivity contribution in [3.05, 3.63) is 36.4 Å². The summed E-state index contributed by atoms with van der Waals surface area (Å²) < 4.78 is 46.7. The third kappa shape index (κ3) is 4.35. The van der Waals surface area contributed by atoms with E-state index in [-0.39, 0.29) is 28.9 Å². The Kier molecular flexibility index (Phi) is 4.73. The molecule has 2 rings (SSSR count). The number of hydrogen-bond donors (Lipinski definition) is 1. The van der Waals surface area contributed by atoms with E-state index in [1.807, 2.05) is 0 Å². The highest BCUT2D eigenvalue weighted by Gasteiger charge is 2.32. The van der Waals surface area contributed by atoms with E-state index in [0.717, 1.165) is 0 Å². The van der Waals surface area contributed by atoms with Crippen molar-refractivity contribution >= 4 is 11.7 Å². The van der Waals surface area contributed by atoms with Crippen LogP contribution in [0.5, 0.6) is 11.6 Å². The molecule has 23 heavy (non-hydrogen) atoms. The van der Waals surface area contributed by atoms with Crippen LogP contribution in [0.4, 0.5) is 19.0 Å². The molecule has 0 saturated carbocycles. The summed E-state index contributed by atoms with van der Waals surface area (Å²) >= 11 is 0. The first-order chi connectivity index (χ1) is 10.8. The quantitative estimate of drug-likeness (QED) is 0.932. The zero-order valence-corrected chi connectivity index (χ0v) is 12.3. The lowest BCUT2D eigenvalue weighted by Gasteiger charge is -2.15. The minimum absolute atomic E-state index is 0.0643. The number of anilines is 1. The van der Waals surface area contributed by atoms with Crippen molar-refractivity contribution in [2.75, 3.05) is 12.4 Å². The Morgan fingerprint density at radius 2 is 1.83 bits per heavy atom. The molecule has 0 unspecified atom stereocenters. The lowest BCUT2D eigenvalue weighted by Crippen LogP contribution is -2.17. The molecule has 8 heteroatoms. The second-order valence-corrected chi connectivity index (χ2v) is 4.48. The van der Waals surface area contributed by atoms with Gasteiger partial charge in [-0.3, -0.25) is 4.79 Å². The summed E-state index contributed by atoms with van der Waals surface area (Å²) in [4.78, 5) is 15.1. The number of benzene rings is 1. The van der Waals surface area contributed by atoms with Gasteiger partial charge >= 0.3 is 6.36 Å². The van der Waals surface area contributed by atoms with Gasteiger partial charge in [0.2, 0.25) is 11.8 Å². The number of carbonyl (C=O) groups is 1. The van der Waals surface area contributed by atoms with Gasteiger partial charge in [0.1, 0.15) is 11.6 Å². The molecule has 1 aromatic carbocycles. The Bertz CT molecular complexity index is 717. The number of methoxy groups -OCH3 is 1. The number of hydrogen-bond acceptors (Lipinski definition) is 4. The van der Waals surface area contributed by atoms with Crippen LogP contribution in [-0.2, 0) is 4.79 Å². The molecule has 0 bridgehead atoms. The second-order valence-electron chi connectivity index (χ2n) is 4.48. The Balaban J connectivity index is 2.48. The average molecular weight is 326 g/mol. The Labute approximate surface area is 130 Å². The highest BCUT2D eigenvalue weighted by Crippen LogP contribution is 2.38. The minimum atomic E-state index is -4.81. The number of ether oxygens (including phenoxy) is 2. The molecule has 1 heterocycles. The lowest BCUT2D eigenvalue weighted by atomic mass is 10.1. The SMILES string of the molecule is COc1nc(NC(C)=O)ccc1-c1ccccc1OC(F)(F)F. The third-order valence-electron chi connectivity index (χ3n) is 2.76. The third-order valence-corrected chi connectivity index (χ3v) is 2.76. The van der Waals surface area contributed by atoms with Gasteiger partial charge in [0.25, 0.3) is 0 Å². The highest BCUT2D eigenvalue weighted by molar-refractivity contribution is 5.88. The first kappa shape index (κ1) is 16.6. The fourth-order valence-corrected chi connectivity index (χ4v) is 1.95. The maximum atomic E-state index is 12.5. The predicted molar refractivity (Wildman–Crippen MR) is 77.2 cm³/mol. The number of aromatic nitrogens is 1. The molecule has 1 N–H and O–H groups in total. The molecular formula is C15H13F3N2O3. The molecule has 0 radical (unpaired) electrons. The summed E-state index contributed by atoms with van der Waals surface area (Å²) in [6.45, 7) is 1.31. The number of halogens is 3. The van der Waals surface area contributed by atoms with Crippen molar-refractivity contribution in [1.82, 2.24) is 4.98 Å². The molecule has 122 valence electrons. The lowest BCUT2D eigenvalue weighted by molar-refractivity contribution is -0.274. The molecule has 0 aliphatic heterocycles. The summed E-state index contributed by atoms with van der Waals surface area (Å²) in [7, 11) is 1.33. The minimum Gasteiger partial charge on any atom is -0.480 e. The van der Waals surface area contributed by atoms with Gasteiger partial charge in [0.15, 0.2) is 0 Å². The van der Waals surface area contributed by atoms with Crippen molar-refractivity contribution in [2.45, 2.75) is 13.3 Å². The molecule has 0 fully saturated rings. The number of nitrogens with one attached hydrogen (secondary N) is 1. The van der Waals surface area contributed by atoms with Crippen molar-refractivity contribution in [1.29, 1.82) is 0 Å². The van der Waals surface area contributed by atoms with Gasteiger partial charge in [-0.25, -0.2) is 0 Å². The van der Waals surface area contributed by atoms with E-state index in [2.05, 4.69) is 15.0 Å². The van der Waals surface area contributed by atoms with Gasteiger partial charge in [-0.05, 0) is 18.2 Å². The standard InChI is InChI=1S/C15H13F3N2O3/c1-9(21)19-13-8-7-11(14(20-13)22-2)10-5-3-4-6-12(10)23-15(16,17)18/h3-8H,1-2H3,(H,19,20,21). The fraction of sp³-hybridized carbons (Fsp3) is 0.200. The smallest absolute Gasteiger partial charge is 0.480 e. The first-order valence-electron chi connectivity index (χ1n) is 6.48. The molecule has 0 aliphatic carbocycles. The Morgan fingerprint density at radius 1 is 1.13 bits per heavy atom. The van der Waals surface area contributed by atoms with Crippen molar-refractivity contribution in [3.63, 3.8) is 0 Å². The highest BCUT2D eigenvalue weighted by atomic mass is 19.4. The van der Waals surface area contributed by atoms with Gasteiger partial charge in [-0.1, -0.05) is 18.2 Å². The Morgan fingerprint density at radius 3 is 2.43 bits per heavy atom. The molecule has 0 spiro atoms. The maximum Gasteiger partial charge on any atom is 0.573 e. The van der Waals surface area contributed by atoms with Gasteiger partial charge in [0, 0.05) is 18.1 Å². The van der Waals surface area contributed by atoms with Crippen LogP contribution >= 0.6 is 0 Å². The normalized spacial score (nSPS) is 11.0. The number of para-hydroxylation sites is 1. The Hall–Kier alpha value is -2.77. The van der Waals surface area contributed by atoms with Gasteiger partial charge in [-0.2, -0.15) is 4.98 Å². The summed E-state index contributed by atoms with van der Waals surface area (Å²) in [6.07, 6.45) is -4.81. The molecule has 0 saturated heterocycles. The van der Waals surface area contributed by atoms with Crippen molar-refractivity contribution < 1.29 is 27.4 Å². The molecule has 1 amide bonds. The van der Waals surface area contributed by atoms with E-state index in [0.29, 0.717) is 5.56 Å². The van der Waals surface area contributed by atoms with E-state index in [4.69, 9.17) is 4.74 Å². The summed E-state index contributed by atoms with van der Waals surface area (Å²) in [6, 6.07) is 8.61. The van der Waals surface area contributed by atoms with E-state index in [1.165, 1.54) is 44.4 Å². The number of amides is 1. The predicted octanol–water partition coefficient (Wildman–Crippen LogP) is 3.61. The van der Waals surface area contributed by atoms with Crippen molar-refractivity contribution in [2.24, 2.45) is 0 Å². The van der Waals surface area contributed by atoms with Gasteiger partial charge < -0.3 is 14.8 Å². The maximum absolute atomic E-state index is 12.5. The average Bonchev–Trinajstić information content (AvgIpc) is 2.45. The summed E-state index contributed by atoms with van der Waals surface area (Å²) in [5, 5.41) is 2.47. The van der Waals surface area contributed by atoms with Crippen LogP contribution in [0.25, 0.3) is 11.1 Å². The summed E-state index contributed by atoms with van der Waals surface area (Å²) in [5.41, 5.74) is 0.477. The topological polar surface area (TPSA) is 60.5 Å². The number of nitrogens with zero attached hydrogens (tertiary/aromatic N) is 1. The molecule has 0 atom stereocenters. The van der Waals surface area contributed by atoms with Crippen LogP contribution in [0.3, 0.4) is 0 Å². The number of carbonyl (C=O) groups excluding carboxylic acids is 1. The molecule has 1 aromatic heterocycles. The van der Waals surface area contributed by atoms with E-state index >= 15 is 0 Å². The van der Waals surface area contributed by atoms with Crippen LogP contribution in [0, 0.1) is 0 Å². The monoisotopic (exact) mass is 326 g/mol. The van der Waals surface area contributed by atoms with E-state index < -0.39 is 6.36 Å². The van der Waals surface area contributed by atoms with Crippen LogP contribution < -0.4 is 14.8 Å². The zero-order chi connectivity index (χ0) is 17.0. The molecule has 0 aliphatic rings. The van der Waals surface area contributed by atoms with Crippen LogP contribution in [0.1, 0.15) is 6.92 Å². The largest absolute Gasteiger partial charge is 0.573 e. The number of rotatable bonds is 4. The molecule has 5 nitrogen and oxygen atoms in total. The van der Waals surface area contributed by atoms with Crippen LogP contribution in [0.2, 0.25) is 0 Å². The molecular weight excluding hydrogens is 313 g/mol. The summed E-state index contributed by atoms with van der Waals surface area (Å²) in [5.74, 6) is -0.401. The zero-order valence-electron chi connectivity index (χ0n) is 12.3. The van der Waals surface area contributed by atoms with Gasteiger partial charge in [0.05, 0.1) is 7.11 Å². The van der Waals surface area contributed by atoms with Gasteiger partial charge in [-0.15, -0.1) is 13.2 Å². The molecule has 2 aromatic rings. The second kappa shape index (κ2) is 6.55. The van der Waals surface area contributed by atoms with Crippen molar-refractivity contribution in [3.8, 4) is 22.8 Å². The fourth-order valence-electron chi connectivity index (χ4n) is 1.95. The van der Waals surface area contributed by atoms with Crippen LogP contribution in [-0.4, -0.2) is 24.4 Å². The van der Waals surface area contributed by atoms with E-state index in [1.54, 1.807) is 6.07 Å². The van der Waals surface area contributed by atoms with Crippen LogP contribution in [0.15, 0.2) is 36.4 Å². The number of alkyl halides is 3. The van der Waals surface area contributed by atoms with E-state index in [9.17, 15) is 18.0 Å². The number of pyridine rings is 1.